The van der Waals surface area contributed by atoms with E-state index in [1.54, 1.807) is 4.90 Å². The second-order valence-electron chi connectivity index (χ2n) is 6.74. The van der Waals surface area contributed by atoms with Gasteiger partial charge in [0, 0.05) is 25.2 Å². The Hall–Kier alpha value is -1.30. The van der Waals surface area contributed by atoms with Crippen molar-refractivity contribution in [2.75, 3.05) is 20.2 Å². The highest BCUT2D eigenvalue weighted by Gasteiger charge is 2.38. The van der Waals surface area contributed by atoms with Crippen LogP contribution in [-0.4, -0.2) is 65.8 Å². The van der Waals surface area contributed by atoms with E-state index < -0.39 is 5.60 Å². The van der Waals surface area contributed by atoms with Crippen molar-refractivity contribution in [2.24, 2.45) is 0 Å². The number of esters is 1. The number of methoxy groups -OCH3 is 1. The van der Waals surface area contributed by atoms with Gasteiger partial charge in [-0.2, -0.15) is 0 Å². The van der Waals surface area contributed by atoms with Crippen LogP contribution in [0.5, 0.6) is 0 Å². The third kappa shape index (κ3) is 4.59. The third-order valence-electron chi connectivity index (χ3n) is 3.64. The van der Waals surface area contributed by atoms with Crippen LogP contribution in [0.15, 0.2) is 0 Å². The van der Waals surface area contributed by atoms with Crippen molar-refractivity contribution in [3.05, 3.63) is 0 Å². The Balaban J connectivity index is 2.74. The second kappa shape index (κ2) is 6.64. The maximum Gasteiger partial charge on any atom is 0.410 e. The summed E-state index contributed by atoms with van der Waals surface area (Å²) in [6, 6.07) is -0.341. The van der Waals surface area contributed by atoms with E-state index in [0.29, 0.717) is 13.1 Å². The van der Waals surface area contributed by atoms with Gasteiger partial charge >= 0.3 is 12.1 Å². The predicted molar refractivity (Wildman–Crippen MR) is 80.0 cm³/mol. The molecular weight excluding hydrogens is 272 g/mol. The molecule has 6 heteroatoms. The van der Waals surface area contributed by atoms with Crippen molar-refractivity contribution in [3.8, 4) is 0 Å². The van der Waals surface area contributed by atoms with Crippen molar-refractivity contribution in [3.63, 3.8) is 0 Å². The summed E-state index contributed by atoms with van der Waals surface area (Å²) < 4.78 is 10.2. The number of hydrogen-bond donors (Lipinski definition) is 0. The number of nitrogens with zero attached hydrogens (tertiary/aromatic N) is 2. The highest BCUT2D eigenvalue weighted by Crippen LogP contribution is 2.21. The van der Waals surface area contributed by atoms with Gasteiger partial charge in [-0.1, -0.05) is 0 Å². The predicted octanol–water partition coefficient (Wildman–Crippen LogP) is 1.88. The lowest BCUT2D eigenvalue weighted by molar-refractivity contribution is -0.147. The number of ether oxygens (including phenoxy) is 2. The molecule has 1 rings (SSSR count). The minimum Gasteiger partial charge on any atom is -0.468 e. The van der Waals surface area contributed by atoms with E-state index >= 15 is 0 Å². The molecular formula is C15H28N2O4. The zero-order chi connectivity index (χ0) is 16.4. The largest absolute Gasteiger partial charge is 0.468 e. The van der Waals surface area contributed by atoms with Gasteiger partial charge in [0.1, 0.15) is 11.6 Å². The molecule has 0 aliphatic carbocycles. The molecule has 21 heavy (non-hydrogen) atoms. The molecule has 0 bridgehead atoms. The third-order valence-corrected chi connectivity index (χ3v) is 3.64. The van der Waals surface area contributed by atoms with Crippen LogP contribution in [0.1, 0.15) is 41.5 Å². The molecule has 2 unspecified atom stereocenters. The van der Waals surface area contributed by atoms with E-state index in [1.165, 1.54) is 7.11 Å². The van der Waals surface area contributed by atoms with Gasteiger partial charge in [0.2, 0.25) is 0 Å². The van der Waals surface area contributed by atoms with Crippen LogP contribution in [0, 0.1) is 0 Å². The van der Waals surface area contributed by atoms with Gasteiger partial charge in [-0.05, 0) is 41.5 Å². The zero-order valence-corrected chi connectivity index (χ0v) is 14.2. The molecule has 1 amide bonds. The molecule has 0 saturated carbocycles. The molecule has 0 spiro atoms. The van der Waals surface area contributed by atoms with Crippen LogP contribution in [0.2, 0.25) is 0 Å². The summed E-state index contributed by atoms with van der Waals surface area (Å²) in [5, 5.41) is 0. The van der Waals surface area contributed by atoms with Crippen LogP contribution < -0.4 is 0 Å². The van der Waals surface area contributed by atoms with E-state index in [1.807, 2.05) is 46.4 Å². The highest BCUT2D eigenvalue weighted by molar-refractivity contribution is 5.75. The summed E-state index contributed by atoms with van der Waals surface area (Å²) in [7, 11) is 1.39. The molecule has 6 nitrogen and oxygen atoms in total. The first kappa shape index (κ1) is 17.8. The smallest absolute Gasteiger partial charge is 0.410 e. The zero-order valence-electron chi connectivity index (χ0n) is 14.2. The van der Waals surface area contributed by atoms with Crippen molar-refractivity contribution in [1.82, 2.24) is 9.80 Å². The molecule has 0 N–H and O–H groups in total. The lowest BCUT2D eigenvalue weighted by atomic mass is 10.1. The molecule has 1 aliphatic rings. The van der Waals surface area contributed by atoms with Crippen molar-refractivity contribution in [2.45, 2.75) is 65.3 Å². The van der Waals surface area contributed by atoms with E-state index in [4.69, 9.17) is 9.47 Å². The molecule has 0 aromatic carbocycles. The Labute approximate surface area is 127 Å². The highest BCUT2D eigenvalue weighted by atomic mass is 16.6. The summed E-state index contributed by atoms with van der Waals surface area (Å²) in [5.41, 5.74) is -0.507. The lowest BCUT2D eigenvalue weighted by Gasteiger charge is -2.45. The fourth-order valence-electron chi connectivity index (χ4n) is 2.67. The van der Waals surface area contributed by atoms with Crippen molar-refractivity contribution in [1.29, 1.82) is 0 Å². The van der Waals surface area contributed by atoms with Crippen molar-refractivity contribution >= 4 is 12.1 Å². The summed E-state index contributed by atoms with van der Waals surface area (Å²) >= 11 is 0. The lowest BCUT2D eigenvalue weighted by Crippen LogP contribution is -2.61. The van der Waals surface area contributed by atoms with Crippen LogP contribution in [0.3, 0.4) is 0 Å². The monoisotopic (exact) mass is 300 g/mol. The number of piperazine rings is 1. The number of rotatable bonds is 2. The van der Waals surface area contributed by atoms with Gasteiger partial charge < -0.3 is 14.4 Å². The van der Waals surface area contributed by atoms with Crippen LogP contribution in [0.25, 0.3) is 0 Å². The number of carbonyl (C=O) groups excluding carboxylic acids is 2. The first-order valence-electron chi connectivity index (χ1n) is 7.40. The van der Waals surface area contributed by atoms with Crippen molar-refractivity contribution < 1.29 is 19.1 Å². The Morgan fingerprint density at radius 2 is 1.62 bits per heavy atom. The maximum absolute atomic E-state index is 12.3. The number of hydrogen-bond acceptors (Lipinski definition) is 5. The molecule has 1 saturated heterocycles. The molecule has 1 aliphatic heterocycles. The topological polar surface area (TPSA) is 59.1 Å². The molecule has 0 aromatic rings. The standard InChI is InChI=1S/C15H28N2O4/c1-10-8-16(12(3)13(18)20-7)9-11(2)17(10)14(19)21-15(4,5)6/h10-12H,8-9H2,1-7H3/t10?,11?,12-/m1/s1. The molecule has 1 fully saturated rings. The summed E-state index contributed by atoms with van der Waals surface area (Å²) in [6.45, 7) is 12.6. The quantitative estimate of drug-likeness (QED) is 0.729. The van der Waals surface area contributed by atoms with Crippen LogP contribution in [0.4, 0.5) is 4.79 Å². The van der Waals surface area contributed by atoms with E-state index in [0.717, 1.165) is 0 Å². The average Bonchev–Trinajstić information content (AvgIpc) is 2.33. The summed E-state index contributed by atoms with van der Waals surface area (Å²) in [6.07, 6.45) is -0.298. The van der Waals surface area contributed by atoms with Crippen LogP contribution in [-0.2, 0) is 14.3 Å². The normalized spacial score (nSPS) is 25.4. The minimum atomic E-state index is -0.507. The first-order valence-corrected chi connectivity index (χ1v) is 7.40. The van der Waals surface area contributed by atoms with Crippen LogP contribution >= 0.6 is 0 Å². The van der Waals surface area contributed by atoms with Gasteiger partial charge in [0.05, 0.1) is 7.11 Å². The molecule has 1 heterocycles. The maximum atomic E-state index is 12.3. The fourth-order valence-corrected chi connectivity index (χ4v) is 2.67. The van der Waals surface area contributed by atoms with Gasteiger partial charge in [0.25, 0.3) is 0 Å². The van der Waals surface area contributed by atoms with Gasteiger partial charge in [-0.3, -0.25) is 9.69 Å². The molecule has 0 radical (unpaired) electrons. The Kier molecular flexibility index (Phi) is 5.61. The average molecular weight is 300 g/mol. The minimum absolute atomic E-state index is 0.0179. The molecule has 122 valence electrons. The Morgan fingerprint density at radius 1 is 1.14 bits per heavy atom. The van der Waals surface area contributed by atoms with Gasteiger partial charge in [0.15, 0.2) is 0 Å². The van der Waals surface area contributed by atoms with E-state index in [9.17, 15) is 9.59 Å². The van der Waals surface area contributed by atoms with Gasteiger partial charge in [-0.15, -0.1) is 0 Å². The number of carbonyl (C=O) groups is 2. The Morgan fingerprint density at radius 3 is 2.00 bits per heavy atom. The first-order chi connectivity index (χ1) is 9.56. The summed E-state index contributed by atoms with van der Waals surface area (Å²) in [4.78, 5) is 27.8. The fraction of sp³-hybridized carbons (Fsp3) is 0.867. The second-order valence-corrected chi connectivity index (χ2v) is 6.74. The Bertz CT molecular complexity index is 380. The van der Waals surface area contributed by atoms with E-state index in [-0.39, 0.29) is 30.2 Å². The van der Waals surface area contributed by atoms with Gasteiger partial charge in [-0.25, -0.2) is 4.79 Å². The molecule has 3 atom stereocenters. The molecule has 0 aromatic heterocycles. The summed E-state index contributed by atoms with van der Waals surface area (Å²) in [5.74, 6) is -0.250. The van der Waals surface area contributed by atoms with E-state index in [2.05, 4.69) is 0 Å². The SMILES string of the molecule is COC(=O)[C@@H](C)N1CC(C)N(C(=O)OC(C)(C)C)C(C)C1. The number of amides is 1.